The molecule has 158 valence electrons. The van der Waals surface area contributed by atoms with Gasteiger partial charge in [-0.05, 0) is 65.7 Å². The highest BCUT2D eigenvalue weighted by Gasteiger charge is 2.21. The fourth-order valence-corrected chi connectivity index (χ4v) is 3.98. The van der Waals surface area contributed by atoms with E-state index in [1.807, 2.05) is 0 Å². The van der Waals surface area contributed by atoms with E-state index in [4.69, 9.17) is 21.1 Å². The Balaban J connectivity index is 1.86. The monoisotopic (exact) mass is 457 g/mol. The van der Waals surface area contributed by atoms with Gasteiger partial charge in [0.15, 0.2) is 11.5 Å². The van der Waals surface area contributed by atoms with Crippen LogP contribution in [0.4, 0.5) is 4.39 Å². The van der Waals surface area contributed by atoms with E-state index in [0.29, 0.717) is 22.1 Å². The number of hydrogen-bond acceptors (Lipinski definition) is 5. The van der Waals surface area contributed by atoms with Crippen LogP contribution in [0, 0.1) is 17.1 Å². The van der Waals surface area contributed by atoms with Gasteiger partial charge in [-0.1, -0.05) is 29.8 Å². The van der Waals surface area contributed by atoms with E-state index in [1.165, 1.54) is 49.6 Å². The summed E-state index contributed by atoms with van der Waals surface area (Å²) in [6.45, 7) is 0.195. The van der Waals surface area contributed by atoms with Crippen molar-refractivity contribution in [3.8, 4) is 17.6 Å². The molecule has 0 aliphatic heterocycles. The van der Waals surface area contributed by atoms with Gasteiger partial charge in [-0.25, -0.2) is 12.8 Å². The van der Waals surface area contributed by atoms with Crippen LogP contribution in [0.25, 0.3) is 6.08 Å². The Morgan fingerprint density at radius 2 is 1.74 bits per heavy atom. The van der Waals surface area contributed by atoms with Crippen molar-refractivity contribution in [2.45, 2.75) is 11.5 Å². The molecule has 0 N–H and O–H groups in total. The zero-order valence-electron chi connectivity index (χ0n) is 16.4. The maximum atomic E-state index is 13.0. The fourth-order valence-electron chi connectivity index (χ4n) is 2.70. The molecule has 5 nitrogen and oxygen atoms in total. The van der Waals surface area contributed by atoms with Gasteiger partial charge in [-0.2, -0.15) is 5.26 Å². The van der Waals surface area contributed by atoms with Gasteiger partial charge < -0.3 is 9.47 Å². The molecular weight excluding hydrogens is 441 g/mol. The van der Waals surface area contributed by atoms with E-state index >= 15 is 0 Å². The molecule has 0 aliphatic carbocycles. The number of allylic oxidation sites excluding steroid dienone is 1. The van der Waals surface area contributed by atoms with Crippen LogP contribution < -0.4 is 9.47 Å². The predicted octanol–water partition coefficient (Wildman–Crippen LogP) is 5.41. The lowest BCUT2D eigenvalue weighted by molar-refractivity contribution is 0.284. The van der Waals surface area contributed by atoms with Crippen LogP contribution in [-0.4, -0.2) is 15.5 Å². The van der Waals surface area contributed by atoms with Crippen LogP contribution in [0.5, 0.6) is 11.5 Å². The van der Waals surface area contributed by atoms with E-state index in [9.17, 15) is 18.1 Å². The third-order valence-corrected chi connectivity index (χ3v) is 6.25. The van der Waals surface area contributed by atoms with Gasteiger partial charge in [-0.15, -0.1) is 0 Å². The number of hydrogen-bond donors (Lipinski definition) is 0. The van der Waals surface area contributed by atoms with Crippen LogP contribution in [-0.2, 0) is 16.4 Å². The van der Waals surface area contributed by atoms with Crippen LogP contribution in [0.3, 0.4) is 0 Å². The number of rotatable bonds is 7. The number of ether oxygens (including phenoxy) is 2. The lowest BCUT2D eigenvalue weighted by Gasteiger charge is -2.12. The molecule has 3 aromatic carbocycles. The minimum atomic E-state index is -4.01. The van der Waals surface area contributed by atoms with E-state index in [2.05, 4.69) is 0 Å². The fraction of sp³-hybridized carbons (Fsp3) is 0.0870. The molecule has 3 aromatic rings. The van der Waals surface area contributed by atoms with Crippen molar-refractivity contribution in [1.29, 1.82) is 5.26 Å². The summed E-state index contributed by atoms with van der Waals surface area (Å²) in [5.41, 5.74) is 1.22. The first-order chi connectivity index (χ1) is 14.8. The summed E-state index contributed by atoms with van der Waals surface area (Å²) in [7, 11) is -2.56. The number of nitrogens with zero attached hydrogens (tertiary/aromatic N) is 1. The van der Waals surface area contributed by atoms with E-state index in [-0.39, 0.29) is 17.3 Å². The second kappa shape index (κ2) is 9.65. The Bertz CT molecular complexity index is 1250. The summed E-state index contributed by atoms with van der Waals surface area (Å²) in [6.07, 6.45) is 1.26. The summed E-state index contributed by atoms with van der Waals surface area (Å²) in [4.78, 5) is -0.451. The third-order valence-electron chi connectivity index (χ3n) is 4.32. The first-order valence-corrected chi connectivity index (χ1v) is 10.9. The van der Waals surface area contributed by atoms with Gasteiger partial charge in [-0.3, -0.25) is 0 Å². The molecule has 0 heterocycles. The van der Waals surface area contributed by atoms with Gasteiger partial charge in [0.2, 0.25) is 9.84 Å². The Kier molecular flexibility index (Phi) is 6.95. The molecule has 0 radical (unpaired) electrons. The first-order valence-electron chi connectivity index (χ1n) is 9.01. The Labute approximate surface area is 184 Å². The molecule has 0 saturated heterocycles. The lowest BCUT2D eigenvalue weighted by Crippen LogP contribution is -2.03. The van der Waals surface area contributed by atoms with Crippen molar-refractivity contribution in [3.05, 3.63) is 93.6 Å². The normalized spacial score (nSPS) is 11.6. The summed E-state index contributed by atoms with van der Waals surface area (Å²) in [5.74, 6) is 0.444. The molecule has 0 unspecified atom stereocenters. The number of halogens is 2. The average Bonchev–Trinajstić information content (AvgIpc) is 2.77. The second-order valence-corrected chi connectivity index (χ2v) is 8.76. The van der Waals surface area contributed by atoms with Crippen molar-refractivity contribution < 1.29 is 22.3 Å². The average molecular weight is 458 g/mol. The third kappa shape index (κ3) is 5.43. The maximum Gasteiger partial charge on any atom is 0.216 e. The van der Waals surface area contributed by atoms with Crippen LogP contribution >= 0.6 is 11.6 Å². The van der Waals surface area contributed by atoms with Gasteiger partial charge >= 0.3 is 0 Å². The minimum Gasteiger partial charge on any atom is -0.493 e. The van der Waals surface area contributed by atoms with Gasteiger partial charge in [0.25, 0.3) is 0 Å². The zero-order chi connectivity index (χ0) is 22.4. The van der Waals surface area contributed by atoms with E-state index in [0.717, 1.165) is 5.56 Å². The largest absolute Gasteiger partial charge is 0.493 e. The first kappa shape index (κ1) is 22.3. The minimum absolute atomic E-state index is 0.0316. The molecule has 8 heteroatoms. The zero-order valence-corrected chi connectivity index (χ0v) is 18.0. The molecule has 0 aromatic heterocycles. The van der Waals surface area contributed by atoms with Crippen molar-refractivity contribution in [2.24, 2.45) is 0 Å². The maximum absolute atomic E-state index is 13.0. The molecule has 0 bridgehead atoms. The van der Waals surface area contributed by atoms with Gasteiger partial charge in [0.05, 0.1) is 12.0 Å². The molecule has 0 fully saturated rings. The summed E-state index contributed by atoms with van der Waals surface area (Å²) < 4.78 is 49.6. The molecule has 0 atom stereocenters. The number of sulfone groups is 1. The van der Waals surface area contributed by atoms with Crippen molar-refractivity contribution in [1.82, 2.24) is 0 Å². The Hall–Kier alpha value is -3.34. The smallest absolute Gasteiger partial charge is 0.216 e. The van der Waals surface area contributed by atoms with Gasteiger partial charge in [0.1, 0.15) is 23.4 Å². The summed E-state index contributed by atoms with van der Waals surface area (Å²) in [5, 5.41) is 9.83. The summed E-state index contributed by atoms with van der Waals surface area (Å²) in [6, 6.07) is 18.0. The molecule has 0 saturated carbocycles. The van der Waals surface area contributed by atoms with Crippen molar-refractivity contribution in [2.75, 3.05) is 7.11 Å². The summed E-state index contributed by atoms with van der Waals surface area (Å²) >= 11 is 5.81. The Morgan fingerprint density at radius 3 is 2.35 bits per heavy atom. The SMILES string of the molecule is COc1cc(C=C(C#N)S(=O)(=O)c2ccc(Cl)cc2)ccc1OCc1ccc(F)cc1. The standard InChI is InChI=1S/C23H17ClFNO4S/c1-29-23-13-17(4-11-22(23)30-15-16-2-7-19(25)8-3-16)12-21(14-26)31(27,28)20-9-5-18(24)6-10-20/h2-13H,15H2,1H3. The number of nitriles is 1. The highest BCUT2D eigenvalue weighted by atomic mass is 35.5. The molecule has 31 heavy (non-hydrogen) atoms. The molecule has 0 amide bonds. The number of benzene rings is 3. The van der Waals surface area contributed by atoms with Crippen molar-refractivity contribution in [3.63, 3.8) is 0 Å². The molecular formula is C23H17ClFNO4S. The molecule has 0 spiro atoms. The topological polar surface area (TPSA) is 76.4 Å². The highest BCUT2D eigenvalue weighted by Crippen LogP contribution is 2.31. The second-order valence-electron chi connectivity index (χ2n) is 6.40. The molecule has 3 rings (SSSR count). The highest BCUT2D eigenvalue weighted by molar-refractivity contribution is 7.95. The Morgan fingerprint density at radius 1 is 1.06 bits per heavy atom. The molecule has 0 aliphatic rings. The van der Waals surface area contributed by atoms with E-state index < -0.39 is 14.7 Å². The number of methoxy groups -OCH3 is 1. The lowest BCUT2D eigenvalue weighted by atomic mass is 10.2. The van der Waals surface area contributed by atoms with E-state index in [1.54, 1.807) is 36.4 Å². The van der Waals surface area contributed by atoms with Crippen LogP contribution in [0.2, 0.25) is 5.02 Å². The van der Waals surface area contributed by atoms with Crippen LogP contribution in [0.15, 0.2) is 76.5 Å². The van der Waals surface area contributed by atoms with Crippen LogP contribution in [0.1, 0.15) is 11.1 Å². The van der Waals surface area contributed by atoms with Gasteiger partial charge in [0, 0.05) is 5.02 Å². The predicted molar refractivity (Wildman–Crippen MR) is 116 cm³/mol. The quantitative estimate of drug-likeness (QED) is 0.443. The van der Waals surface area contributed by atoms with Crippen molar-refractivity contribution >= 4 is 27.5 Å².